The average molecular weight is 305 g/mol. The van der Waals surface area contributed by atoms with Gasteiger partial charge in [0.2, 0.25) is 0 Å². The zero-order valence-electron chi connectivity index (χ0n) is 9.18. The molecule has 1 N–H and O–H groups in total. The van der Waals surface area contributed by atoms with E-state index in [0.29, 0.717) is 27.8 Å². The molecule has 0 saturated carbocycles. The standard InChI is InChI=1S/C13H9Cl3FN/c14-9-4-5-10(15)12(6-9)18-7-8-2-1-3-11(17)13(8)16/h1-6,18H,7H2. The molecular weight excluding hydrogens is 296 g/mol. The Bertz CT molecular complexity index is 570. The van der Waals surface area contributed by atoms with Crippen LogP contribution in [0.15, 0.2) is 36.4 Å². The Kier molecular flexibility index (Phi) is 4.33. The van der Waals surface area contributed by atoms with Crippen molar-refractivity contribution in [1.82, 2.24) is 0 Å². The van der Waals surface area contributed by atoms with Crippen LogP contribution in [0.5, 0.6) is 0 Å². The van der Waals surface area contributed by atoms with E-state index in [2.05, 4.69) is 5.32 Å². The molecule has 0 aliphatic carbocycles. The first kappa shape index (κ1) is 13.5. The summed E-state index contributed by atoms with van der Waals surface area (Å²) >= 11 is 17.7. The Labute approximate surface area is 119 Å². The lowest BCUT2D eigenvalue weighted by molar-refractivity contribution is 0.626. The van der Waals surface area contributed by atoms with Crippen molar-refractivity contribution in [2.75, 3.05) is 5.32 Å². The van der Waals surface area contributed by atoms with E-state index in [9.17, 15) is 4.39 Å². The fourth-order valence-corrected chi connectivity index (χ4v) is 2.06. The predicted octanol–water partition coefficient (Wildman–Crippen LogP) is 5.40. The third-order valence-electron chi connectivity index (χ3n) is 2.43. The van der Waals surface area contributed by atoms with E-state index in [-0.39, 0.29) is 5.02 Å². The first-order chi connectivity index (χ1) is 8.58. The van der Waals surface area contributed by atoms with Crippen molar-refractivity contribution in [1.29, 1.82) is 0 Å². The van der Waals surface area contributed by atoms with Gasteiger partial charge in [-0.25, -0.2) is 4.39 Å². The van der Waals surface area contributed by atoms with Crippen molar-refractivity contribution in [3.8, 4) is 0 Å². The second-order valence-corrected chi connectivity index (χ2v) is 4.91. The number of hydrogen-bond acceptors (Lipinski definition) is 1. The number of nitrogens with one attached hydrogen (secondary N) is 1. The average Bonchev–Trinajstić information content (AvgIpc) is 2.35. The molecule has 0 unspecified atom stereocenters. The molecule has 0 fully saturated rings. The second-order valence-electron chi connectivity index (χ2n) is 3.69. The lowest BCUT2D eigenvalue weighted by Gasteiger charge is -2.10. The minimum Gasteiger partial charge on any atom is -0.380 e. The minimum atomic E-state index is -0.437. The highest BCUT2D eigenvalue weighted by Crippen LogP contribution is 2.27. The second kappa shape index (κ2) is 5.79. The SMILES string of the molecule is Fc1cccc(CNc2cc(Cl)ccc2Cl)c1Cl. The molecule has 0 radical (unpaired) electrons. The molecule has 0 aliphatic heterocycles. The Morgan fingerprint density at radius 1 is 1.06 bits per heavy atom. The van der Waals surface area contributed by atoms with Crippen molar-refractivity contribution in [3.63, 3.8) is 0 Å². The summed E-state index contributed by atoms with van der Waals surface area (Å²) in [7, 11) is 0. The Morgan fingerprint density at radius 3 is 2.61 bits per heavy atom. The maximum Gasteiger partial charge on any atom is 0.142 e. The van der Waals surface area contributed by atoms with Gasteiger partial charge < -0.3 is 5.32 Å². The van der Waals surface area contributed by atoms with Crippen molar-refractivity contribution < 1.29 is 4.39 Å². The van der Waals surface area contributed by atoms with Gasteiger partial charge in [0, 0.05) is 11.6 Å². The molecule has 2 aromatic carbocycles. The van der Waals surface area contributed by atoms with Crippen LogP contribution in [0.4, 0.5) is 10.1 Å². The Hall–Kier alpha value is -0.960. The fraction of sp³-hybridized carbons (Fsp3) is 0.0769. The van der Waals surface area contributed by atoms with Gasteiger partial charge in [-0.2, -0.15) is 0 Å². The van der Waals surface area contributed by atoms with Crippen LogP contribution in [0.3, 0.4) is 0 Å². The third kappa shape index (κ3) is 3.08. The number of anilines is 1. The Morgan fingerprint density at radius 2 is 1.83 bits per heavy atom. The molecule has 0 atom stereocenters. The van der Waals surface area contributed by atoms with E-state index in [1.165, 1.54) is 6.07 Å². The largest absolute Gasteiger partial charge is 0.380 e. The zero-order valence-corrected chi connectivity index (χ0v) is 11.5. The maximum atomic E-state index is 13.2. The highest BCUT2D eigenvalue weighted by molar-refractivity contribution is 6.35. The van der Waals surface area contributed by atoms with E-state index >= 15 is 0 Å². The van der Waals surface area contributed by atoms with Gasteiger partial charge in [-0.05, 0) is 29.8 Å². The zero-order chi connectivity index (χ0) is 13.1. The van der Waals surface area contributed by atoms with E-state index < -0.39 is 5.82 Å². The number of hydrogen-bond donors (Lipinski definition) is 1. The van der Waals surface area contributed by atoms with Crippen LogP contribution in [0, 0.1) is 5.82 Å². The monoisotopic (exact) mass is 303 g/mol. The molecule has 2 aromatic rings. The van der Waals surface area contributed by atoms with Gasteiger partial charge in [0.25, 0.3) is 0 Å². The number of benzene rings is 2. The summed E-state index contributed by atoms with van der Waals surface area (Å²) in [4.78, 5) is 0. The molecule has 94 valence electrons. The van der Waals surface area contributed by atoms with Crippen molar-refractivity contribution in [3.05, 3.63) is 62.8 Å². The summed E-state index contributed by atoms with van der Waals surface area (Å²) in [6, 6.07) is 9.77. The normalized spacial score (nSPS) is 10.4. The molecule has 0 saturated heterocycles. The van der Waals surface area contributed by atoms with Crippen LogP contribution < -0.4 is 5.32 Å². The maximum absolute atomic E-state index is 13.2. The van der Waals surface area contributed by atoms with Crippen LogP contribution in [0.2, 0.25) is 15.1 Å². The lowest BCUT2D eigenvalue weighted by Crippen LogP contribution is -2.01. The van der Waals surface area contributed by atoms with Gasteiger partial charge in [0.15, 0.2) is 0 Å². The van der Waals surface area contributed by atoms with Crippen LogP contribution in [-0.2, 0) is 6.54 Å². The summed E-state index contributed by atoms with van der Waals surface area (Å²) < 4.78 is 13.2. The van der Waals surface area contributed by atoms with Crippen molar-refractivity contribution >= 4 is 40.5 Å². The molecule has 5 heteroatoms. The third-order valence-corrected chi connectivity index (χ3v) is 3.42. The molecule has 2 rings (SSSR count). The highest BCUT2D eigenvalue weighted by Gasteiger charge is 2.06. The van der Waals surface area contributed by atoms with Crippen molar-refractivity contribution in [2.24, 2.45) is 0 Å². The van der Waals surface area contributed by atoms with Crippen LogP contribution in [-0.4, -0.2) is 0 Å². The summed E-state index contributed by atoms with van der Waals surface area (Å²) in [6.07, 6.45) is 0. The van der Waals surface area contributed by atoms with Crippen LogP contribution in [0.25, 0.3) is 0 Å². The molecule has 18 heavy (non-hydrogen) atoms. The van der Waals surface area contributed by atoms with Crippen LogP contribution >= 0.6 is 34.8 Å². The topological polar surface area (TPSA) is 12.0 Å². The highest BCUT2D eigenvalue weighted by atomic mass is 35.5. The lowest BCUT2D eigenvalue weighted by atomic mass is 10.2. The van der Waals surface area contributed by atoms with Crippen molar-refractivity contribution in [2.45, 2.75) is 6.54 Å². The first-order valence-electron chi connectivity index (χ1n) is 5.20. The molecule has 0 heterocycles. The molecule has 1 nitrogen and oxygen atoms in total. The minimum absolute atomic E-state index is 0.114. The van der Waals surface area contributed by atoms with Gasteiger partial charge in [0.1, 0.15) is 5.82 Å². The quantitative estimate of drug-likeness (QED) is 0.800. The molecule has 0 aliphatic rings. The molecule has 0 spiro atoms. The van der Waals surface area contributed by atoms with E-state index in [1.54, 1.807) is 30.3 Å². The summed E-state index contributed by atoms with van der Waals surface area (Å²) in [5.41, 5.74) is 1.34. The molecule has 0 bridgehead atoms. The van der Waals surface area contributed by atoms with Gasteiger partial charge in [-0.1, -0.05) is 46.9 Å². The number of rotatable bonds is 3. The van der Waals surface area contributed by atoms with Gasteiger partial charge >= 0.3 is 0 Å². The van der Waals surface area contributed by atoms with Gasteiger partial charge in [-0.3, -0.25) is 0 Å². The molecule has 0 aromatic heterocycles. The van der Waals surface area contributed by atoms with Gasteiger partial charge in [0.05, 0.1) is 15.7 Å². The van der Waals surface area contributed by atoms with Gasteiger partial charge in [-0.15, -0.1) is 0 Å². The summed E-state index contributed by atoms with van der Waals surface area (Å²) in [5.74, 6) is -0.437. The van der Waals surface area contributed by atoms with E-state index in [1.807, 2.05) is 0 Å². The molecule has 0 amide bonds. The van der Waals surface area contributed by atoms with E-state index in [0.717, 1.165) is 0 Å². The smallest absolute Gasteiger partial charge is 0.142 e. The Balaban J connectivity index is 2.16. The van der Waals surface area contributed by atoms with E-state index in [4.69, 9.17) is 34.8 Å². The summed E-state index contributed by atoms with van der Waals surface area (Å²) in [6.45, 7) is 0.372. The first-order valence-corrected chi connectivity index (χ1v) is 6.33. The number of halogens is 4. The fourth-order valence-electron chi connectivity index (χ4n) is 1.51. The molecular formula is C13H9Cl3FN. The predicted molar refractivity (Wildman–Crippen MR) is 75.2 cm³/mol. The van der Waals surface area contributed by atoms with Crippen LogP contribution in [0.1, 0.15) is 5.56 Å². The summed E-state index contributed by atoms with van der Waals surface area (Å²) in [5, 5.41) is 4.31.